The molecule has 218 valence electrons. The predicted molar refractivity (Wildman–Crippen MR) is 139 cm³/mol. The third kappa shape index (κ3) is 5.70. The lowest BCUT2D eigenvalue weighted by Gasteiger charge is -2.27. The van der Waals surface area contributed by atoms with Crippen LogP contribution in [0.1, 0.15) is 21.5 Å². The number of methoxy groups -OCH3 is 4. The summed E-state index contributed by atoms with van der Waals surface area (Å²) in [4.78, 5) is 64.2. The first-order valence-corrected chi connectivity index (χ1v) is 12.1. The second-order valence-corrected chi connectivity index (χ2v) is 8.98. The second-order valence-electron chi connectivity index (χ2n) is 8.98. The van der Waals surface area contributed by atoms with Gasteiger partial charge in [-0.1, -0.05) is 0 Å². The number of aldehydes is 1. The molecule has 2 aromatic carbocycles. The number of nitro groups is 1. The normalized spacial score (nSPS) is 17.3. The van der Waals surface area contributed by atoms with E-state index in [0.717, 1.165) is 11.0 Å². The largest absolute Gasteiger partial charge is 0.493 e. The SMILES string of the molecule is COCOc1cc(C=O)cc2c1CC(=O)[C@@H]1[C@H](CN2C(=O)OCc2cc(OC)c(OC)cc2[N+](=O)[O-])N1C(=O)OC. The molecular formula is C26H27N3O12. The molecule has 15 heteroatoms. The van der Waals surface area contributed by atoms with Crippen molar-refractivity contribution >= 4 is 35.6 Å². The lowest BCUT2D eigenvalue weighted by Crippen LogP contribution is -2.38. The van der Waals surface area contributed by atoms with Crippen LogP contribution >= 0.6 is 0 Å². The van der Waals surface area contributed by atoms with Gasteiger partial charge in [0.05, 0.1) is 56.2 Å². The van der Waals surface area contributed by atoms with Crippen LogP contribution in [-0.2, 0) is 32.0 Å². The van der Waals surface area contributed by atoms with Crippen LogP contribution in [0.15, 0.2) is 24.3 Å². The van der Waals surface area contributed by atoms with E-state index in [2.05, 4.69) is 0 Å². The molecule has 1 saturated heterocycles. The number of Topliss-reactive ketones (excluding diaryl/α,β-unsaturated/α-hetero) is 1. The molecule has 2 amide bonds. The van der Waals surface area contributed by atoms with Crippen LogP contribution in [0.4, 0.5) is 21.0 Å². The lowest BCUT2D eigenvalue weighted by atomic mass is 9.97. The van der Waals surface area contributed by atoms with Crippen molar-refractivity contribution in [1.29, 1.82) is 0 Å². The third-order valence-corrected chi connectivity index (χ3v) is 6.69. The summed E-state index contributed by atoms with van der Waals surface area (Å²) < 4.78 is 31.2. The van der Waals surface area contributed by atoms with Gasteiger partial charge in [0.1, 0.15) is 24.7 Å². The van der Waals surface area contributed by atoms with Gasteiger partial charge >= 0.3 is 12.2 Å². The van der Waals surface area contributed by atoms with Crippen LogP contribution in [0, 0.1) is 10.1 Å². The Bertz CT molecular complexity index is 1390. The highest BCUT2D eigenvalue weighted by atomic mass is 16.7. The fraction of sp³-hybridized carbons (Fsp3) is 0.385. The molecule has 2 aromatic rings. The fourth-order valence-corrected chi connectivity index (χ4v) is 4.73. The van der Waals surface area contributed by atoms with Gasteiger partial charge in [-0.25, -0.2) is 9.59 Å². The highest BCUT2D eigenvalue weighted by Crippen LogP contribution is 2.41. The summed E-state index contributed by atoms with van der Waals surface area (Å²) in [5.41, 5.74) is 0.188. The number of fused-ring (bicyclic) bond motifs is 2. The summed E-state index contributed by atoms with van der Waals surface area (Å²) in [6.45, 7) is -0.941. The third-order valence-electron chi connectivity index (χ3n) is 6.69. The standard InChI is InChI=1S/C26H27N3O12/c1-36-13-41-21-6-14(11-30)5-18-16(21)8-20(31)24-19(28(24)26(33)39-4)10-27(18)25(32)40-12-15-7-22(37-2)23(38-3)9-17(15)29(34)35/h5-7,9,11,19,24H,8,10,12-13H2,1-4H3/t19-,24-,28?/m0/s1. The van der Waals surface area contributed by atoms with E-state index in [9.17, 15) is 29.3 Å². The first-order chi connectivity index (χ1) is 19.7. The summed E-state index contributed by atoms with van der Waals surface area (Å²) in [5, 5.41) is 11.7. The second kappa shape index (κ2) is 12.1. The zero-order valence-corrected chi connectivity index (χ0v) is 22.6. The minimum absolute atomic E-state index is 0.0229. The summed E-state index contributed by atoms with van der Waals surface area (Å²) in [5.74, 6) is 0.0993. The smallest absolute Gasteiger partial charge is 0.414 e. The number of ketones is 1. The Morgan fingerprint density at radius 2 is 1.76 bits per heavy atom. The molecule has 0 unspecified atom stereocenters. The molecule has 2 aliphatic heterocycles. The van der Waals surface area contributed by atoms with E-state index in [1.165, 1.54) is 51.5 Å². The van der Waals surface area contributed by atoms with Crippen LogP contribution in [0.25, 0.3) is 0 Å². The average molecular weight is 574 g/mol. The quantitative estimate of drug-likeness (QED) is 0.141. The number of ether oxygens (including phenoxy) is 6. The molecule has 0 radical (unpaired) electrons. The predicted octanol–water partition coefficient (Wildman–Crippen LogP) is 2.49. The van der Waals surface area contributed by atoms with Crippen molar-refractivity contribution in [3.63, 3.8) is 0 Å². The van der Waals surface area contributed by atoms with Gasteiger partial charge in [0.2, 0.25) is 0 Å². The van der Waals surface area contributed by atoms with E-state index in [0.29, 0.717) is 6.29 Å². The Labute approximate surface area is 233 Å². The van der Waals surface area contributed by atoms with E-state index in [1.54, 1.807) is 0 Å². The molecule has 2 heterocycles. The van der Waals surface area contributed by atoms with Crippen LogP contribution in [-0.4, -0.2) is 87.9 Å². The first-order valence-electron chi connectivity index (χ1n) is 12.1. The molecule has 15 nitrogen and oxygen atoms in total. The zero-order valence-electron chi connectivity index (χ0n) is 22.6. The fourth-order valence-electron chi connectivity index (χ4n) is 4.73. The topological polar surface area (TPSA) is 173 Å². The molecule has 2 atom stereocenters. The van der Waals surface area contributed by atoms with Gasteiger partial charge in [-0.3, -0.25) is 29.5 Å². The summed E-state index contributed by atoms with van der Waals surface area (Å²) in [6.07, 6.45) is -1.41. The van der Waals surface area contributed by atoms with Crippen molar-refractivity contribution < 1.29 is 52.5 Å². The first kappa shape index (κ1) is 29.1. The minimum atomic E-state index is -0.958. The number of nitro benzene ring substituents is 1. The van der Waals surface area contributed by atoms with Crippen LogP contribution in [0.3, 0.4) is 0 Å². The van der Waals surface area contributed by atoms with Gasteiger partial charge in [-0.2, -0.15) is 0 Å². The van der Waals surface area contributed by atoms with Crippen molar-refractivity contribution in [2.45, 2.75) is 25.1 Å². The van der Waals surface area contributed by atoms with Gasteiger partial charge in [0.15, 0.2) is 24.1 Å². The van der Waals surface area contributed by atoms with Crippen molar-refractivity contribution in [2.75, 3.05) is 46.7 Å². The van der Waals surface area contributed by atoms with Gasteiger partial charge in [0, 0.05) is 24.7 Å². The van der Waals surface area contributed by atoms with Gasteiger partial charge < -0.3 is 28.4 Å². The number of rotatable bonds is 9. The molecule has 1 fully saturated rings. The number of hydrogen-bond donors (Lipinski definition) is 0. The van der Waals surface area contributed by atoms with Crippen molar-refractivity contribution in [1.82, 2.24) is 4.90 Å². The van der Waals surface area contributed by atoms with E-state index >= 15 is 0 Å². The number of carbonyl (C=O) groups excluding carboxylic acids is 4. The van der Waals surface area contributed by atoms with Crippen LogP contribution < -0.4 is 19.1 Å². The highest BCUT2D eigenvalue weighted by molar-refractivity contribution is 6.00. The summed E-state index contributed by atoms with van der Waals surface area (Å²) in [7, 11) is 5.23. The van der Waals surface area contributed by atoms with E-state index < -0.39 is 35.8 Å². The average Bonchev–Trinajstić information content (AvgIpc) is 3.69. The zero-order chi connectivity index (χ0) is 29.8. The maximum atomic E-state index is 13.6. The molecule has 4 rings (SSSR count). The molecule has 41 heavy (non-hydrogen) atoms. The number of carbonyl (C=O) groups is 4. The number of nitrogens with zero attached hydrogens (tertiary/aromatic N) is 3. The Morgan fingerprint density at radius 3 is 2.37 bits per heavy atom. The van der Waals surface area contributed by atoms with Gasteiger partial charge in [0.25, 0.3) is 5.69 Å². The molecule has 0 aromatic heterocycles. The van der Waals surface area contributed by atoms with Crippen molar-refractivity contribution in [3.05, 3.63) is 51.1 Å². The lowest BCUT2D eigenvalue weighted by molar-refractivity contribution is -0.385. The Morgan fingerprint density at radius 1 is 1.05 bits per heavy atom. The minimum Gasteiger partial charge on any atom is -0.493 e. The number of hydrogen-bond acceptors (Lipinski definition) is 12. The molecule has 0 spiro atoms. The van der Waals surface area contributed by atoms with E-state index in [4.69, 9.17) is 28.4 Å². The summed E-state index contributed by atoms with van der Waals surface area (Å²) >= 11 is 0. The molecule has 0 saturated carbocycles. The van der Waals surface area contributed by atoms with Gasteiger partial charge in [-0.15, -0.1) is 0 Å². The molecule has 0 bridgehead atoms. The Hall–Kier alpha value is -4.92. The summed E-state index contributed by atoms with van der Waals surface area (Å²) in [6, 6.07) is 3.67. The molecule has 0 aliphatic carbocycles. The molecule has 0 N–H and O–H groups in total. The Kier molecular flexibility index (Phi) is 8.56. The number of anilines is 1. The maximum absolute atomic E-state index is 13.6. The van der Waals surface area contributed by atoms with Crippen LogP contribution in [0.2, 0.25) is 0 Å². The molecule has 2 aliphatic rings. The number of benzene rings is 2. The van der Waals surface area contributed by atoms with Crippen molar-refractivity contribution in [2.24, 2.45) is 0 Å². The molecular weight excluding hydrogens is 546 g/mol. The van der Waals surface area contributed by atoms with Crippen molar-refractivity contribution in [3.8, 4) is 17.2 Å². The van der Waals surface area contributed by atoms with Gasteiger partial charge in [-0.05, 0) is 18.2 Å². The highest BCUT2D eigenvalue weighted by Gasteiger charge is 2.58. The van der Waals surface area contributed by atoms with E-state index in [-0.39, 0.29) is 70.9 Å². The maximum Gasteiger partial charge on any atom is 0.414 e. The number of amides is 2. The van der Waals surface area contributed by atoms with E-state index in [1.807, 2.05) is 0 Å². The van der Waals surface area contributed by atoms with Crippen LogP contribution in [0.5, 0.6) is 17.2 Å². The Balaban J connectivity index is 1.74. The monoisotopic (exact) mass is 573 g/mol.